The van der Waals surface area contributed by atoms with Gasteiger partial charge in [-0.3, -0.25) is 24.0 Å². The number of amides is 3. The number of rotatable bonds is 3. The zero-order chi connectivity index (χ0) is 37.9. The SMILES string of the molecule is CN1C(=O)C2=C[C@]3(c4cn(C(=O)OC(C)(C)C)c5ccccc45)c4ccccc4N(C(=O)OC(C)(C)C)[C@@H]3N2C(=O)C1(C)O[Si](C)(C)C(C)(C)C. The first-order valence-electron chi connectivity index (χ1n) is 17.4. The van der Waals surface area contributed by atoms with Gasteiger partial charge in [-0.05, 0) is 95.9 Å². The van der Waals surface area contributed by atoms with Crippen molar-refractivity contribution >= 4 is 48.9 Å². The Labute approximate surface area is 301 Å². The fourth-order valence-corrected chi connectivity index (χ4v) is 8.64. The van der Waals surface area contributed by atoms with Crippen molar-refractivity contribution in [2.75, 3.05) is 11.9 Å². The van der Waals surface area contributed by atoms with Crippen LogP contribution in [-0.2, 0) is 28.9 Å². The third-order valence-corrected chi connectivity index (χ3v) is 15.0. The maximum Gasteiger partial charge on any atom is 0.419 e. The molecule has 0 bridgehead atoms. The predicted octanol–water partition coefficient (Wildman–Crippen LogP) is 7.73. The van der Waals surface area contributed by atoms with E-state index in [0.717, 1.165) is 0 Å². The second-order valence-corrected chi connectivity index (χ2v) is 22.2. The van der Waals surface area contributed by atoms with E-state index in [1.54, 1.807) is 67.8 Å². The largest absolute Gasteiger partial charge is 0.443 e. The van der Waals surface area contributed by atoms with Crippen LogP contribution in [0.2, 0.25) is 18.1 Å². The molecular formula is C39H50N4O7Si. The fraction of sp³-hybridized carbons (Fsp3) is 0.487. The zero-order valence-corrected chi connectivity index (χ0v) is 33.0. The number of benzene rings is 2. The van der Waals surface area contributed by atoms with Crippen LogP contribution in [0.5, 0.6) is 0 Å². The van der Waals surface area contributed by atoms with Gasteiger partial charge in [-0.25, -0.2) is 9.59 Å². The molecule has 12 heteroatoms. The van der Waals surface area contributed by atoms with E-state index in [1.165, 1.54) is 19.3 Å². The zero-order valence-electron chi connectivity index (χ0n) is 32.0. The lowest BCUT2D eigenvalue weighted by molar-refractivity contribution is -0.180. The standard InChI is InChI=1S/C39H50N4O7Si/c1-35(2,3)48-33(46)41-23-26(24-18-14-16-20-27(24)41)39-22-29-30(44)40(11)38(10,50-51(12,13)37(7,8)9)32(45)42(29)31(39)43(34(47)49-36(4,5)6)28-21-17-15-19-25(28)39/h14-23,31H,1-13H3/t31-,38?,39+/m0/s1. The summed E-state index contributed by atoms with van der Waals surface area (Å²) in [5.41, 5.74) is -2.15. The van der Waals surface area contributed by atoms with Crippen molar-refractivity contribution in [1.82, 2.24) is 14.4 Å². The summed E-state index contributed by atoms with van der Waals surface area (Å²) in [4.78, 5) is 62.4. The highest BCUT2D eigenvalue weighted by molar-refractivity contribution is 6.74. The average Bonchev–Trinajstić information content (AvgIpc) is 3.63. The van der Waals surface area contributed by atoms with Crippen molar-refractivity contribution in [3.8, 4) is 0 Å². The van der Waals surface area contributed by atoms with Crippen LogP contribution in [-0.4, -0.2) is 76.8 Å². The minimum absolute atomic E-state index is 0.112. The minimum atomic E-state index is -2.66. The van der Waals surface area contributed by atoms with E-state index >= 15 is 4.79 Å². The first kappa shape index (κ1) is 36.4. The molecule has 6 rings (SSSR count). The number of hydrogen-bond donors (Lipinski definition) is 0. The van der Waals surface area contributed by atoms with E-state index in [9.17, 15) is 14.4 Å². The van der Waals surface area contributed by atoms with Gasteiger partial charge in [0.05, 0.1) is 16.6 Å². The number of carbonyl (C=O) groups excluding carboxylic acids is 4. The molecule has 1 unspecified atom stereocenters. The summed E-state index contributed by atoms with van der Waals surface area (Å²) in [7, 11) is -1.07. The summed E-state index contributed by atoms with van der Waals surface area (Å²) in [6, 6.07) is 14.8. The van der Waals surface area contributed by atoms with Gasteiger partial charge in [0.15, 0.2) is 8.32 Å². The van der Waals surface area contributed by atoms with Crippen molar-refractivity contribution in [1.29, 1.82) is 0 Å². The third-order valence-electron chi connectivity index (χ3n) is 10.5. The van der Waals surface area contributed by atoms with Crippen LogP contribution in [0.15, 0.2) is 66.5 Å². The highest BCUT2D eigenvalue weighted by Crippen LogP contribution is 2.59. The molecule has 1 saturated heterocycles. The summed E-state index contributed by atoms with van der Waals surface area (Å²) in [6.07, 6.45) is 1.10. The van der Waals surface area contributed by atoms with Gasteiger partial charge in [0, 0.05) is 18.6 Å². The molecule has 0 aliphatic carbocycles. The molecule has 272 valence electrons. The van der Waals surface area contributed by atoms with E-state index in [0.29, 0.717) is 27.7 Å². The van der Waals surface area contributed by atoms with Crippen LogP contribution in [0.3, 0.4) is 0 Å². The minimum Gasteiger partial charge on any atom is -0.443 e. The van der Waals surface area contributed by atoms with E-state index in [2.05, 4.69) is 20.8 Å². The lowest BCUT2D eigenvalue weighted by Gasteiger charge is -2.52. The number of hydrogen-bond acceptors (Lipinski definition) is 7. The summed E-state index contributed by atoms with van der Waals surface area (Å²) >= 11 is 0. The predicted molar refractivity (Wildman–Crippen MR) is 198 cm³/mol. The average molecular weight is 715 g/mol. The molecule has 1 fully saturated rings. The van der Waals surface area contributed by atoms with Crippen LogP contribution in [0.25, 0.3) is 10.9 Å². The van der Waals surface area contributed by atoms with E-state index in [1.807, 2.05) is 61.6 Å². The van der Waals surface area contributed by atoms with Gasteiger partial charge in [0.1, 0.15) is 23.1 Å². The van der Waals surface area contributed by atoms with Crippen molar-refractivity contribution < 1.29 is 33.1 Å². The first-order valence-corrected chi connectivity index (χ1v) is 20.3. The molecule has 3 aliphatic heterocycles. The van der Waals surface area contributed by atoms with Gasteiger partial charge in [0.2, 0.25) is 5.72 Å². The van der Waals surface area contributed by atoms with Crippen LogP contribution >= 0.6 is 0 Å². The number of fused-ring (bicyclic) bond motifs is 6. The molecule has 0 N–H and O–H groups in total. The second-order valence-electron chi connectivity index (χ2n) is 17.4. The van der Waals surface area contributed by atoms with Gasteiger partial charge in [0.25, 0.3) is 11.8 Å². The summed E-state index contributed by atoms with van der Waals surface area (Å²) in [5, 5.41) is 0.417. The van der Waals surface area contributed by atoms with Gasteiger partial charge in [-0.15, -0.1) is 0 Å². The number of carbonyl (C=O) groups is 4. The van der Waals surface area contributed by atoms with Crippen LogP contribution < -0.4 is 4.90 Å². The van der Waals surface area contributed by atoms with E-state index in [-0.39, 0.29) is 10.7 Å². The molecule has 0 saturated carbocycles. The van der Waals surface area contributed by atoms with Crippen molar-refractivity contribution in [3.05, 3.63) is 77.6 Å². The van der Waals surface area contributed by atoms with Crippen LogP contribution in [0.4, 0.5) is 15.3 Å². The third kappa shape index (κ3) is 5.49. The molecule has 3 aliphatic rings. The number of nitrogens with zero attached hydrogens (tertiary/aromatic N) is 4. The van der Waals surface area contributed by atoms with Crippen molar-refractivity contribution in [3.63, 3.8) is 0 Å². The van der Waals surface area contributed by atoms with E-state index < -0.39 is 60.8 Å². The normalized spacial score (nSPS) is 23.7. The van der Waals surface area contributed by atoms with Crippen molar-refractivity contribution in [2.24, 2.45) is 0 Å². The number of aromatic nitrogens is 1. The summed E-state index contributed by atoms with van der Waals surface area (Å²) in [6.45, 7) is 22.7. The molecule has 3 atom stereocenters. The molecular weight excluding hydrogens is 665 g/mol. The van der Waals surface area contributed by atoms with Gasteiger partial charge in [-0.1, -0.05) is 57.2 Å². The fourth-order valence-electron chi connectivity index (χ4n) is 7.12. The van der Waals surface area contributed by atoms with Crippen LogP contribution in [0, 0.1) is 0 Å². The summed E-state index contributed by atoms with van der Waals surface area (Å²) in [5.74, 6) is -0.910. The number of piperazine rings is 1. The van der Waals surface area contributed by atoms with Gasteiger partial charge < -0.3 is 18.8 Å². The lowest BCUT2D eigenvalue weighted by atomic mass is 9.74. The van der Waals surface area contributed by atoms with E-state index in [4.69, 9.17) is 13.9 Å². The lowest BCUT2D eigenvalue weighted by Crippen LogP contribution is -2.71. The van der Waals surface area contributed by atoms with Gasteiger partial charge >= 0.3 is 12.2 Å². The molecule has 4 heterocycles. The number of para-hydroxylation sites is 2. The Balaban J connectivity index is 1.66. The molecule has 51 heavy (non-hydrogen) atoms. The Morgan fingerprint density at radius 1 is 0.804 bits per heavy atom. The highest BCUT2D eigenvalue weighted by atomic mass is 28.4. The Hall–Kier alpha value is -4.42. The highest BCUT2D eigenvalue weighted by Gasteiger charge is 2.68. The van der Waals surface area contributed by atoms with Crippen LogP contribution in [0.1, 0.15) is 80.4 Å². The quantitative estimate of drug-likeness (QED) is 0.256. The first-order chi connectivity index (χ1) is 23.4. The Morgan fingerprint density at radius 3 is 1.98 bits per heavy atom. The Bertz CT molecular complexity index is 2010. The maximum absolute atomic E-state index is 15.3. The molecule has 11 nitrogen and oxygen atoms in total. The molecule has 3 aromatic rings. The number of ether oxygens (including phenoxy) is 2. The summed E-state index contributed by atoms with van der Waals surface area (Å²) < 4.78 is 20.2. The van der Waals surface area contributed by atoms with Crippen molar-refractivity contribution in [2.45, 2.75) is 116 Å². The monoisotopic (exact) mass is 714 g/mol. The molecule has 1 aromatic heterocycles. The number of likely N-dealkylation sites (N-methyl/N-ethyl adjacent to an activating group) is 1. The molecule has 0 radical (unpaired) electrons. The van der Waals surface area contributed by atoms with Gasteiger partial charge in [-0.2, -0.15) is 0 Å². The Morgan fingerprint density at radius 2 is 1.37 bits per heavy atom. The second kappa shape index (κ2) is 11.3. The molecule has 3 amide bonds. The maximum atomic E-state index is 15.3. The topological polar surface area (TPSA) is 111 Å². The molecule has 2 aromatic carbocycles. The molecule has 0 spiro atoms. The Kier molecular flexibility index (Phi) is 8.05. The smallest absolute Gasteiger partial charge is 0.419 e. The number of anilines is 1.